The number of rotatable bonds is 6. The van der Waals surface area contributed by atoms with Gasteiger partial charge in [-0.2, -0.15) is 0 Å². The molecule has 0 aliphatic carbocycles. The summed E-state index contributed by atoms with van der Waals surface area (Å²) in [4.78, 5) is 22.0. The average molecular weight is 437 g/mol. The summed E-state index contributed by atoms with van der Waals surface area (Å²) in [7, 11) is 0. The molecule has 0 aliphatic rings. The predicted molar refractivity (Wildman–Crippen MR) is 130 cm³/mol. The molecule has 0 spiro atoms. The lowest BCUT2D eigenvalue weighted by molar-refractivity contribution is 0.139. The molecule has 5 aromatic rings. The van der Waals surface area contributed by atoms with E-state index in [0.29, 0.717) is 13.1 Å². The zero-order chi connectivity index (χ0) is 22.6. The molecule has 0 unspecified atom stereocenters. The lowest BCUT2D eigenvalue weighted by Gasteiger charge is -2.12. The zero-order valence-corrected chi connectivity index (χ0v) is 18.4. The molecule has 1 amide bonds. The number of amides is 1. The molecule has 2 heterocycles. The van der Waals surface area contributed by atoms with Crippen LogP contribution in [0.15, 0.2) is 84.9 Å². The Kier molecular flexibility index (Phi) is 5.72. The minimum Gasteiger partial charge on any atom is -0.445 e. The number of imidazole rings is 1. The number of pyridine rings is 1. The van der Waals surface area contributed by atoms with Crippen molar-refractivity contribution >= 4 is 28.0 Å². The summed E-state index contributed by atoms with van der Waals surface area (Å²) in [6, 6.07) is 27.8. The number of aromatic nitrogens is 3. The number of alkyl carbamates (subject to hydrolysis) is 1. The molecule has 0 aliphatic heterocycles. The Morgan fingerprint density at radius 1 is 0.909 bits per heavy atom. The highest BCUT2D eigenvalue weighted by Gasteiger charge is 2.18. The average Bonchev–Trinajstić information content (AvgIpc) is 3.24. The van der Waals surface area contributed by atoms with Gasteiger partial charge in [-0.1, -0.05) is 78.9 Å². The van der Waals surface area contributed by atoms with Gasteiger partial charge < -0.3 is 14.6 Å². The molecule has 3 aromatic carbocycles. The Hall–Kier alpha value is -4.19. The molecule has 0 bridgehead atoms. The highest BCUT2D eigenvalue weighted by Crippen LogP contribution is 2.31. The van der Waals surface area contributed by atoms with Crippen molar-refractivity contribution in [3.63, 3.8) is 0 Å². The van der Waals surface area contributed by atoms with E-state index in [4.69, 9.17) is 14.7 Å². The maximum Gasteiger partial charge on any atom is 0.407 e. The van der Waals surface area contributed by atoms with Crippen molar-refractivity contribution in [2.24, 2.45) is 0 Å². The van der Waals surface area contributed by atoms with E-state index >= 15 is 0 Å². The number of benzene rings is 3. The van der Waals surface area contributed by atoms with Crippen LogP contribution in [0, 0.1) is 6.92 Å². The van der Waals surface area contributed by atoms with E-state index in [0.717, 1.165) is 44.6 Å². The number of nitrogens with zero attached hydrogens (tertiary/aromatic N) is 3. The Labute approximate surface area is 191 Å². The molecule has 0 atom stereocenters. The van der Waals surface area contributed by atoms with Crippen molar-refractivity contribution in [3.8, 4) is 11.4 Å². The van der Waals surface area contributed by atoms with E-state index < -0.39 is 6.09 Å². The molecule has 5 rings (SSSR count). The predicted octanol–water partition coefficient (Wildman–Crippen LogP) is 5.49. The van der Waals surface area contributed by atoms with Gasteiger partial charge in [-0.15, -0.1) is 0 Å². The smallest absolute Gasteiger partial charge is 0.407 e. The van der Waals surface area contributed by atoms with Gasteiger partial charge in [-0.05, 0) is 18.6 Å². The number of hydrogen-bond acceptors (Lipinski definition) is 4. The molecule has 0 saturated heterocycles. The fourth-order valence-electron chi connectivity index (χ4n) is 4.05. The van der Waals surface area contributed by atoms with Crippen molar-refractivity contribution in [1.82, 2.24) is 19.9 Å². The molecule has 1 N–H and O–H groups in total. The molecule has 0 radical (unpaired) electrons. The summed E-state index contributed by atoms with van der Waals surface area (Å²) in [6.07, 6.45) is -0.438. The van der Waals surface area contributed by atoms with Crippen LogP contribution in [0.3, 0.4) is 0 Å². The van der Waals surface area contributed by atoms with Crippen LogP contribution in [0.25, 0.3) is 33.3 Å². The van der Waals surface area contributed by atoms with Gasteiger partial charge in [0.05, 0.1) is 16.7 Å². The van der Waals surface area contributed by atoms with Crippen LogP contribution in [0.4, 0.5) is 4.79 Å². The Bertz CT molecular complexity index is 1410. The van der Waals surface area contributed by atoms with Crippen LogP contribution < -0.4 is 5.32 Å². The number of hydrogen-bond donors (Lipinski definition) is 1. The third kappa shape index (κ3) is 4.28. The summed E-state index contributed by atoms with van der Waals surface area (Å²) in [5, 5.41) is 3.91. The van der Waals surface area contributed by atoms with Gasteiger partial charge >= 0.3 is 6.09 Å². The maximum absolute atomic E-state index is 12.3. The zero-order valence-electron chi connectivity index (χ0n) is 18.4. The Balaban J connectivity index is 1.44. The number of para-hydroxylation sites is 1. The van der Waals surface area contributed by atoms with Crippen LogP contribution in [0.5, 0.6) is 0 Å². The minimum absolute atomic E-state index is 0.242. The van der Waals surface area contributed by atoms with E-state index in [-0.39, 0.29) is 6.61 Å². The van der Waals surface area contributed by atoms with Gasteiger partial charge in [0.15, 0.2) is 0 Å². The topological polar surface area (TPSA) is 69.0 Å². The highest BCUT2D eigenvalue weighted by molar-refractivity contribution is 6.04. The van der Waals surface area contributed by atoms with Crippen LogP contribution in [-0.4, -0.2) is 27.2 Å². The molecular weight excluding hydrogens is 412 g/mol. The summed E-state index contributed by atoms with van der Waals surface area (Å²) in [5.74, 6) is 0.853. The second-order valence-corrected chi connectivity index (χ2v) is 7.85. The quantitative estimate of drug-likeness (QED) is 0.382. The highest BCUT2D eigenvalue weighted by atomic mass is 16.5. The summed E-state index contributed by atoms with van der Waals surface area (Å²) < 4.78 is 7.52. The molecule has 2 aromatic heterocycles. The Morgan fingerprint density at radius 3 is 2.39 bits per heavy atom. The van der Waals surface area contributed by atoms with Gasteiger partial charge in [0.2, 0.25) is 0 Å². The standard InChI is InChI=1S/C27H24N4O2/c1-19-24-25(22-14-8-9-15-23(22)29-19)31(26(30-24)21-12-6-3-7-13-21)17-16-28-27(32)33-18-20-10-4-2-5-11-20/h2-15H,16-18H2,1H3,(H,28,32). The third-order valence-corrected chi connectivity index (χ3v) is 5.61. The third-order valence-electron chi connectivity index (χ3n) is 5.61. The number of nitrogens with one attached hydrogen (secondary N) is 1. The number of ether oxygens (including phenoxy) is 1. The lowest BCUT2D eigenvalue weighted by Crippen LogP contribution is -2.28. The maximum atomic E-state index is 12.3. The van der Waals surface area contributed by atoms with Gasteiger partial charge in [0, 0.05) is 24.0 Å². The van der Waals surface area contributed by atoms with Crippen LogP contribution in [-0.2, 0) is 17.9 Å². The molecular formula is C27H24N4O2. The van der Waals surface area contributed by atoms with E-state index in [1.807, 2.05) is 85.8 Å². The minimum atomic E-state index is -0.438. The lowest BCUT2D eigenvalue weighted by atomic mass is 10.1. The van der Waals surface area contributed by atoms with Crippen molar-refractivity contribution < 1.29 is 9.53 Å². The fraction of sp³-hybridized carbons (Fsp3) is 0.148. The molecule has 33 heavy (non-hydrogen) atoms. The first-order valence-corrected chi connectivity index (χ1v) is 11.0. The second-order valence-electron chi connectivity index (χ2n) is 7.85. The first-order chi connectivity index (χ1) is 16.2. The van der Waals surface area contributed by atoms with E-state index in [2.05, 4.69) is 16.0 Å². The normalized spacial score (nSPS) is 11.1. The summed E-state index contributed by atoms with van der Waals surface area (Å²) in [6.45, 7) is 3.19. The molecule has 6 nitrogen and oxygen atoms in total. The van der Waals surface area contributed by atoms with Crippen LogP contribution in [0.2, 0.25) is 0 Å². The van der Waals surface area contributed by atoms with Gasteiger partial charge in [0.1, 0.15) is 17.9 Å². The fourth-order valence-corrected chi connectivity index (χ4v) is 4.05. The Morgan fingerprint density at radius 2 is 1.61 bits per heavy atom. The monoisotopic (exact) mass is 436 g/mol. The van der Waals surface area contributed by atoms with E-state index in [1.54, 1.807) is 0 Å². The number of aryl methyl sites for hydroxylation is 1. The number of carbonyl (C=O) groups excluding carboxylic acids is 1. The van der Waals surface area contributed by atoms with Crippen molar-refractivity contribution in [3.05, 3.63) is 96.2 Å². The van der Waals surface area contributed by atoms with Crippen molar-refractivity contribution in [1.29, 1.82) is 0 Å². The SMILES string of the molecule is Cc1nc2ccccc2c2c1nc(-c1ccccc1)n2CCNC(=O)OCc1ccccc1. The van der Waals surface area contributed by atoms with Gasteiger partial charge in [-0.3, -0.25) is 4.98 Å². The molecule has 6 heteroatoms. The van der Waals surface area contributed by atoms with Crippen molar-refractivity contribution in [2.75, 3.05) is 6.54 Å². The number of fused-ring (bicyclic) bond motifs is 3. The van der Waals surface area contributed by atoms with Gasteiger partial charge in [0.25, 0.3) is 0 Å². The molecule has 0 fully saturated rings. The van der Waals surface area contributed by atoms with Gasteiger partial charge in [-0.25, -0.2) is 9.78 Å². The van der Waals surface area contributed by atoms with E-state index in [9.17, 15) is 4.79 Å². The van der Waals surface area contributed by atoms with Crippen LogP contribution in [0.1, 0.15) is 11.3 Å². The van der Waals surface area contributed by atoms with E-state index in [1.165, 1.54) is 0 Å². The second kappa shape index (κ2) is 9.12. The molecule has 0 saturated carbocycles. The van der Waals surface area contributed by atoms with Crippen molar-refractivity contribution in [2.45, 2.75) is 20.1 Å². The number of carbonyl (C=O) groups is 1. The molecule has 164 valence electrons. The largest absolute Gasteiger partial charge is 0.445 e. The summed E-state index contributed by atoms with van der Waals surface area (Å²) in [5.41, 5.74) is 5.68. The summed E-state index contributed by atoms with van der Waals surface area (Å²) >= 11 is 0. The first-order valence-electron chi connectivity index (χ1n) is 11.0. The van der Waals surface area contributed by atoms with Crippen LogP contribution >= 0.6 is 0 Å². The first kappa shape index (κ1) is 20.7.